The SMILES string of the molecule is Cc1ccc2c(c1)C(=O)C(=O)N2CCCCCCN1C(=O)C(=O)c2cc(C)ccc21. The van der Waals surface area contributed by atoms with Crippen LogP contribution in [0.2, 0.25) is 0 Å². The molecule has 0 fully saturated rings. The molecule has 0 radical (unpaired) electrons. The number of carbonyl (C=O) groups excluding carboxylic acids is 4. The second kappa shape index (κ2) is 7.86. The van der Waals surface area contributed by atoms with Gasteiger partial charge in [0.2, 0.25) is 0 Å². The van der Waals surface area contributed by atoms with E-state index >= 15 is 0 Å². The normalized spacial score (nSPS) is 15.3. The van der Waals surface area contributed by atoms with Crippen LogP contribution in [0.15, 0.2) is 36.4 Å². The molecule has 6 heteroatoms. The van der Waals surface area contributed by atoms with E-state index in [4.69, 9.17) is 0 Å². The third kappa shape index (κ3) is 3.43. The van der Waals surface area contributed by atoms with Crippen LogP contribution in [0.3, 0.4) is 0 Å². The van der Waals surface area contributed by atoms with Crippen LogP contribution in [0.25, 0.3) is 0 Å². The fraction of sp³-hybridized carbons (Fsp3) is 0.333. The van der Waals surface area contributed by atoms with E-state index in [2.05, 4.69) is 0 Å². The number of carbonyl (C=O) groups is 4. The number of nitrogens with zero attached hydrogens (tertiary/aromatic N) is 2. The maximum absolute atomic E-state index is 12.3. The van der Waals surface area contributed by atoms with Crippen LogP contribution in [-0.4, -0.2) is 36.5 Å². The third-order valence-corrected chi connectivity index (χ3v) is 5.77. The first-order chi connectivity index (χ1) is 14.4. The van der Waals surface area contributed by atoms with Gasteiger partial charge in [-0.2, -0.15) is 0 Å². The number of unbranched alkanes of at least 4 members (excludes halogenated alkanes) is 3. The van der Waals surface area contributed by atoms with Crippen LogP contribution in [0.4, 0.5) is 11.4 Å². The molecule has 2 aliphatic rings. The van der Waals surface area contributed by atoms with Gasteiger partial charge in [-0.15, -0.1) is 0 Å². The lowest BCUT2D eigenvalue weighted by molar-refractivity contribution is -0.115. The van der Waals surface area contributed by atoms with Crippen molar-refractivity contribution in [2.45, 2.75) is 39.5 Å². The van der Waals surface area contributed by atoms with E-state index in [-0.39, 0.29) is 0 Å². The molecule has 2 aromatic carbocycles. The van der Waals surface area contributed by atoms with E-state index in [1.165, 1.54) is 0 Å². The quantitative estimate of drug-likeness (QED) is 0.522. The molecule has 154 valence electrons. The molecule has 2 amide bonds. The van der Waals surface area contributed by atoms with Gasteiger partial charge in [0.15, 0.2) is 0 Å². The van der Waals surface area contributed by atoms with Crippen LogP contribution in [0.1, 0.15) is 57.5 Å². The molecule has 6 nitrogen and oxygen atoms in total. The van der Waals surface area contributed by atoms with E-state index in [9.17, 15) is 19.2 Å². The van der Waals surface area contributed by atoms with Crippen molar-refractivity contribution < 1.29 is 19.2 Å². The highest BCUT2D eigenvalue weighted by Gasteiger charge is 2.36. The molecule has 2 aromatic rings. The Balaban J connectivity index is 1.27. The molecular formula is C24H24N2O4. The maximum atomic E-state index is 12.3. The Morgan fingerprint density at radius 1 is 0.600 bits per heavy atom. The molecule has 0 atom stereocenters. The fourth-order valence-corrected chi connectivity index (χ4v) is 4.17. The number of fused-ring (bicyclic) bond motifs is 2. The van der Waals surface area contributed by atoms with E-state index < -0.39 is 23.4 Å². The average Bonchev–Trinajstić information content (AvgIpc) is 3.10. The summed E-state index contributed by atoms with van der Waals surface area (Å²) >= 11 is 0. The minimum Gasteiger partial charge on any atom is -0.305 e. The number of anilines is 2. The Morgan fingerprint density at radius 2 is 1.00 bits per heavy atom. The van der Waals surface area contributed by atoms with Gasteiger partial charge in [0.05, 0.1) is 22.5 Å². The van der Waals surface area contributed by atoms with Crippen LogP contribution < -0.4 is 9.80 Å². The first kappa shape index (κ1) is 20.0. The number of hydrogen-bond acceptors (Lipinski definition) is 4. The molecule has 0 saturated heterocycles. The van der Waals surface area contributed by atoms with Crippen molar-refractivity contribution in [3.8, 4) is 0 Å². The predicted molar refractivity (Wildman–Crippen MR) is 114 cm³/mol. The zero-order valence-electron chi connectivity index (χ0n) is 17.2. The average molecular weight is 404 g/mol. The van der Waals surface area contributed by atoms with Gasteiger partial charge in [-0.1, -0.05) is 36.1 Å². The second-order valence-electron chi connectivity index (χ2n) is 8.03. The zero-order chi connectivity index (χ0) is 21.4. The van der Waals surface area contributed by atoms with Crippen LogP contribution in [0.5, 0.6) is 0 Å². The summed E-state index contributed by atoms with van der Waals surface area (Å²) in [7, 11) is 0. The van der Waals surface area contributed by atoms with Crippen LogP contribution >= 0.6 is 0 Å². The summed E-state index contributed by atoms with van der Waals surface area (Å²) in [5, 5.41) is 0. The predicted octanol–water partition coefficient (Wildman–Crippen LogP) is 3.62. The van der Waals surface area contributed by atoms with Gasteiger partial charge in [-0.25, -0.2) is 0 Å². The van der Waals surface area contributed by atoms with Gasteiger partial charge in [-0.05, 0) is 51.0 Å². The summed E-state index contributed by atoms with van der Waals surface area (Å²) in [4.78, 5) is 52.0. The maximum Gasteiger partial charge on any atom is 0.299 e. The lowest BCUT2D eigenvalue weighted by Crippen LogP contribution is -2.31. The van der Waals surface area contributed by atoms with Gasteiger partial charge in [-0.3, -0.25) is 19.2 Å². The lowest BCUT2D eigenvalue weighted by Gasteiger charge is -2.18. The van der Waals surface area contributed by atoms with Gasteiger partial charge in [0.25, 0.3) is 23.4 Å². The molecular weight excluding hydrogens is 380 g/mol. The highest BCUT2D eigenvalue weighted by molar-refractivity contribution is 6.52. The summed E-state index contributed by atoms with van der Waals surface area (Å²) < 4.78 is 0. The molecule has 30 heavy (non-hydrogen) atoms. The second-order valence-corrected chi connectivity index (χ2v) is 8.03. The van der Waals surface area contributed by atoms with Gasteiger partial charge < -0.3 is 9.80 Å². The first-order valence-corrected chi connectivity index (χ1v) is 10.3. The summed E-state index contributed by atoms with van der Waals surface area (Å²) in [6.07, 6.45) is 3.29. The van der Waals surface area contributed by atoms with Gasteiger partial charge in [0.1, 0.15) is 0 Å². The number of aryl methyl sites for hydroxylation is 2. The molecule has 2 aliphatic heterocycles. The number of Topliss-reactive ketones (excluding diaryl/α,β-unsaturated/α-hetero) is 2. The smallest absolute Gasteiger partial charge is 0.299 e. The minimum absolute atomic E-state index is 0.431. The van der Waals surface area contributed by atoms with E-state index in [1.807, 2.05) is 38.1 Å². The van der Waals surface area contributed by atoms with Crippen molar-refractivity contribution in [3.63, 3.8) is 0 Å². The minimum atomic E-state index is -0.455. The van der Waals surface area contributed by atoms with Crippen molar-refractivity contribution in [2.24, 2.45) is 0 Å². The number of rotatable bonds is 7. The molecule has 0 N–H and O–H groups in total. The Morgan fingerprint density at radius 3 is 1.40 bits per heavy atom. The largest absolute Gasteiger partial charge is 0.305 e. The van der Waals surface area contributed by atoms with E-state index in [0.717, 1.165) is 36.8 Å². The topological polar surface area (TPSA) is 74.8 Å². The molecule has 0 aliphatic carbocycles. The van der Waals surface area contributed by atoms with Crippen molar-refractivity contribution >= 4 is 34.8 Å². The summed E-state index contributed by atoms with van der Waals surface area (Å²) in [5.41, 5.74) is 4.30. The number of hydrogen-bond donors (Lipinski definition) is 0. The van der Waals surface area contributed by atoms with Crippen LogP contribution in [0, 0.1) is 13.8 Å². The van der Waals surface area contributed by atoms with Crippen LogP contribution in [-0.2, 0) is 9.59 Å². The molecule has 4 rings (SSSR count). The Hall–Kier alpha value is -3.28. The van der Waals surface area contributed by atoms with E-state index in [0.29, 0.717) is 35.6 Å². The lowest BCUT2D eigenvalue weighted by atomic mass is 10.1. The first-order valence-electron chi connectivity index (χ1n) is 10.3. The zero-order valence-corrected chi connectivity index (χ0v) is 17.2. The molecule has 0 spiro atoms. The molecule has 0 aromatic heterocycles. The van der Waals surface area contributed by atoms with Crippen molar-refractivity contribution in [1.82, 2.24) is 0 Å². The number of benzene rings is 2. The van der Waals surface area contributed by atoms with Crippen molar-refractivity contribution in [1.29, 1.82) is 0 Å². The van der Waals surface area contributed by atoms with E-state index in [1.54, 1.807) is 21.9 Å². The van der Waals surface area contributed by atoms with Crippen molar-refractivity contribution in [2.75, 3.05) is 22.9 Å². The Kier molecular flexibility index (Phi) is 5.24. The number of amides is 2. The Bertz CT molecular complexity index is 987. The molecule has 0 bridgehead atoms. The summed E-state index contributed by atoms with van der Waals surface area (Å²) in [5.74, 6) is -1.77. The van der Waals surface area contributed by atoms with Gasteiger partial charge in [0, 0.05) is 13.1 Å². The summed E-state index contributed by atoms with van der Waals surface area (Å²) in [6, 6.07) is 11.0. The fourth-order valence-electron chi connectivity index (χ4n) is 4.17. The Labute approximate surface area is 175 Å². The highest BCUT2D eigenvalue weighted by atomic mass is 16.2. The van der Waals surface area contributed by atoms with Crippen molar-refractivity contribution in [3.05, 3.63) is 58.7 Å². The molecule has 0 unspecified atom stereocenters. The standard InChI is InChI=1S/C24H24N2O4/c1-15-7-9-19-17(13-15)21(27)23(29)25(19)11-5-3-4-6-12-26-20-10-8-16(2)14-18(20)22(28)24(26)30/h7-10,13-14H,3-6,11-12H2,1-2H3. The monoisotopic (exact) mass is 404 g/mol. The molecule has 2 heterocycles. The third-order valence-electron chi connectivity index (χ3n) is 5.77. The summed E-state index contributed by atoms with van der Waals surface area (Å²) in [6.45, 7) is 4.81. The molecule has 0 saturated carbocycles. The highest BCUT2D eigenvalue weighted by Crippen LogP contribution is 2.31. The van der Waals surface area contributed by atoms with Gasteiger partial charge >= 0.3 is 0 Å². The number of ketones is 2.